The normalized spacial score (nSPS) is 12.0. The lowest BCUT2D eigenvalue weighted by atomic mass is 9.92. The molecular weight excluding hydrogens is 212 g/mol. The maximum absolute atomic E-state index is 4.37. The number of fused-ring (bicyclic) bond motifs is 1. The van der Waals surface area contributed by atoms with E-state index in [9.17, 15) is 0 Å². The van der Waals surface area contributed by atoms with Crippen LogP contribution in [0.2, 0.25) is 0 Å². The van der Waals surface area contributed by atoms with E-state index in [2.05, 4.69) is 36.1 Å². The average molecular weight is 232 g/mol. The van der Waals surface area contributed by atoms with E-state index in [1.54, 1.807) is 0 Å². The Morgan fingerprint density at radius 3 is 2.76 bits per heavy atom. The van der Waals surface area contributed by atoms with Crippen LogP contribution in [-0.2, 0) is 7.05 Å². The van der Waals surface area contributed by atoms with Crippen LogP contribution in [0.15, 0.2) is 18.6 Å². The average Bonchev–Trinajstić information content (AvgIpc) is 2.60. The lowest BCUT2D eigenvalue weighted by Crippen LogP contribution is -2.13. The van der Waals surface area contributed by atoms with Gasteiger partial charge in [-0.15, -0.1) is 0 Å². The molecule has 0 aliphatic heterocycles. The fourth-order valence-electron chi connectivity index (χ4n) is 1.75. The van der Waals surface area contributed by atoms with Crippen molar-refractivity contribution in [2.45, 2.75) is 27.2 Å². The van der Waals surface area contributed by atoms with Crippen molar-refractivity contribution < 1.29 is 0 Å². The molecule has 92 valence electrons. The van der Waals surface area contributed by atoms with E-state index >= 15 is 0 Å². The van der Waals surface area contributed by atoms with Crippen molar-refractivity contribution >= 4 is 16.9 Å². The molecule has 2 aromatic rings. The first kappa shape index (κ1) is 11.9. The number of rotatable bonds is 3. The maximum Gasteiger partial charge on any atom is 0.154 e. The Hall–Kier alpha value is -1.58. The number of hydrogen-bond acceptors (Lipinski definition) is 3. The second-order valence-corrected chi connectivity index (χ2v) is 5.62. The van der Waals surface area contributed by atoms with E-state index in [-0.39, 0.29) is 0 Å². The zero-order valence-corrected chi connectivity index (χ0v) is 11.0. The Kier molecular flexibility index (Phi) is 3.05. The van der Waals surface area contributed by atoms with Gasteiger partial charge < -0.3 is 9.88 Å². The van der Waals surface area contributed by atoms with Gasteiger partial charge in [0.15, 0.2) is 5.82 Å². The van der Waals surface area contributed by atoms with E-state index in [0.717, 1.165) is 29.8 Å². The Morgan fingerprint density at radius 1 is 1.29 bits per heavy atom. The molecule has 0 radical (unpaired) electrons. The van der Waals surface area contributed by atoms with Crippen molar-refractivity contribution in [3.8, 4) is 0 Å². The largest absolute Gasteiger partial charge is 0.368 e. The third-order valence-electron chi connectivity index (χ3n) is 2.81. The predicted molar refractivity (Wildman–Crippen MR) is 71.1 cm³/mol. The lowest BCUT2D eigenvalue weighted by molar-refractivity contribution is 0.389. The van der Waals surface area contributed by atoms with Crippen LogP contribution in [0.25, 0.3) is 11.0 Å². The summed E-state index contributed by atoms with van der Waals surface area (Å²) >= 11 is 0. The molecule has 2 aromatic heterocycles. The second-order valence-electron chi connectivity index (χ2n) is 5.62. The van der Waals surface area contributed by atoms with Gasteiger partial charge in [-0.1, -0.05) is 20.8 Å². The van der Waals surface area contributed by atoms with Crippen molar-refractivity contribution in [2.24, 2.45) is 12.5 Å². The maximum atomic E-state index is 4.37. The van der Waals surface area contributed by atoms with Gasteiger partial charge in [0.25, 0.3) is 0 Å². The quantitative estimate of drug-likeness (QED) is 0.885. The summed E-state index contributed by atoms with van der Waals surface area (Å²) in [5, 5.41) is 3.37. The van der Waals surface area contributed by atoms with Crippen LogP contribution in [0, 0.1) is 5.41 Å². The van der Waals surface area contributed by atoms with Crippen LogP contribution in [0.4, 0.5) is 5.82 Å². The third kappa shape index (κ3) is 2.75. The molecule has 17 heavy (non-hydrogen) atoms. The van der Waals surface area contributed by atoms with Gasteiger partial charge in [-0.2, -0.15) is 0 Å². The van der Waals surface area contributed by atoms with Gasteiger partial charge in [0.05, 0.1) is 11.8 Å². The standard InChI is InChI=1S/C13H20N4/c1-13(2,3)6-8-15-12-11-10(5-7-14-12)17(4)9-16-11/h5,7,9H,6,8H2,1-4H3,(H,14,15). The molecular formula is C13H20N4. The van der Waals surface area contributed by atoms with Gasteiger partial charge in [0.1, 0.15) is 5.52 Å². The first-order valence-electron chi connectivity index (χ1n) is 5.97. The lowest BCUT2D eigenvalue weighted by Gasteiger charge is -2.18. The molecule has 0 bridgehead atoms. The predicted octanol–water partition coefficient (Wildman–Crippen LogP) is 2.82. The van der Waals surface area contributed by atoms with E-state index in [1.807, 2.05) is 30.2 Å². The van der Waals surface area contributed by atoms with Gasteiger partial charge in [-0.3, -0.25) is 0 Å². The molecule has 0 spiro atoms. The summed E-state index contributed by atoms with van der Waals surface area (Å²) in [5.41, 5.74) is 2.40. The monoisotopic (exact) mass is 232 g/mol. The number of aromatic nitrogens is 3. The molecule has 0 aromatic carbocycles. The highest BCUT2D eigenvalue weighted by molar-refractivity contribution is 5.85. The molecule has 0 aliphatic rings. The topological polar surface area (TPSA) is 42.7 Å². The van der Waals surface area contributed by atoms with Crippen LogP contribution in [0.3, 0.4) is 0 Å². The van der Waals surface area contributed by atoms with E-state index in [0.29, 0.717) is 5.41 Å². The Morgan fingerprint density at radius 2 is 2.06 bits per heavy atom. The third-order valence-corrected chi connectivity index (χ3v) is 2.81. The highest BCUT2D eigenvalue weighted by Gasteiger charge is 2.11. The van der Waals surface area contributed by atoms with Crippen molar-refractivity contribution in [1.82, 2.24) is 14.5 Å². The Labute approximate surface area is 102 Å². The molecule has 2 heterocycles. The summed E-state index contributed by atoms with van der Waals surface area (Å²) in [6, 6.07) is 1.98. The van der Waals surface area contributed by atoms with Crippen molar-refractivity contribution in [3.63, 3.8) is 0 Å². The van der Waals surface area contributed by atoms with Gasteiger partial charge in [-0.25, -0.2) is 9.97 Å². The van der Waals surface area contributed by atoms with Crippen LogP contribution >= 0.6 is 0 Å². The fourth-order valence-corrected chi connectivity index (χ4v) is 1.75. The number of aryl methyl sites for hydroxylation is 1. The van der Waals surface area contributed by atoms with Gasteiger partial charge in [-0.05, 0) is 17.9 Å². The molecule has 0 aliphatic carbocycles. The number of hydrogen-bond donors (Lipinski definition) is 1. The Bertz CT molecular complexity index is 508. The summed E-state index contributed by atoms with van der Waals surface area (Å²) in [5.74, 6) is 0.882. The Balaban J connectivity index is 2.14. The number of imidazole rings is 1. The van der Waals surface area contributed by atoms with E-state index in [4.69, 9.17) is 0 Å². The summed E-state index contributed by atoms with van der Waals surface area (Å²) in [6.45, 7) is 7.64. The summed E-state index contributed by atoms with van der Waals surface area (Å²) in [4.78, 5) is 8.72. The van der Waals surface area contributed by atoms with Gasteiger partial charge >= 0.3 is 0 Å². The van der Waals surface area contributed by atoms with Crippen LogP contribution in [-0.4, -0.2) is 21.1 Å². The molecule has 0 saturated heterocycles. The number of pyridine rings is 1. The van der Waals surface area contributed by atoms with Gasteiger partial charge in [0.2, 0.25) is 0 Å². The zero-order chi connectivity index (χ0) is 12.5. The smallest absolute Gasteiger partial charge is 0.154 e. The molecule has 1 N–H and O–H groups in total. The number of nitrogens with one attached hydrogen (secondary N) is 1. The van der Waals surface area contributed by atoms with E-state index in [1.165, 1.54) is 0 Å². The van der Waals surface area contributed by atoms with Crippen LogP contribution in [0.1, 0.15) is 27.2 Å². The summed E-state index contributed by atoms with van der Waals surface area (Å²) in [7, 11) is 1.99. The minimum atomic E-state index is 0.338. The molecule has 0 saturated carbocycles. The molecule has 2 rings (SSSR count). The highest BCUT2D eigenvalue weighted by Crippen LogP contribution is 2.21. The van der Waals surface area contributed by atoms with E-state index < -0.39 is 0 Å². The van der Waals surface area contributed by atoms with Crippen LogP contribution in [0.5, 0.6) is 0 Å². The molecule has 0 atom stereocenters. The number of nitrogens with zero attached hydrogens (tertiary/aromatic N) is 3. The van der Waals surface area contributed by atoms with Gasteiger partial charge in [0, 0.05) is 19.8 Å². The SMILES string of the molecule is Cn1cnc2c(NCCC(C)(C)C)nccc21. The van der Waals surface area contributed by atoms with Crippen molar-refractivity contribution in [3.05, 3.63) is 18.6 Å². The second kappa shape index (κ2) is 4.35. The van der Waals surface area contributed by atoms with Crippen molar-refractivity contribution in [1.29, 1.82) is 0 Å². The summed E-state index contributed by atoms with van der Waals surface area (Å²) < 4.78 is 2.01. The number of anilines is 1. The highest BCUT2D eigenvalue weighted by atomic mass is 15.1. The molecule has 4 nitrogen and oxygen atoms in total. The molecule has 0 unspecified atom stereocenters. The molecule has 0 amide bonds. The minimum absolute atomic E-state index is 0.338. The summed E-state index contributed by atoms with van der Waals surface area (Å²) in [6.07, 6.45) is 4.75. The molecule has 4 heteroatoms. The first-order valence-corrected chi connectivity index (χ1v) is 5.97. The molecule has 0 fully saturated rings. The zero-order valence-electron chi connectivity index (χ0n) is 11.0. The first-order chi connectivity index (χ1) is 7.97. The fraction of sp³-hybridized carbons (Fsp3) is 0.538. The van der Waals surface area contributed by atoms with Crippen LogP contribution < -0.4 is 5.32 Å². The minimum Gasteiger partial charge on any atom is -0.368 e. The van der Waals surface area contributed by atoms with Crippen molar-refractivity contribution in [2.75, 3.05) is 11.9 Å².